The minimum Gasteiger partial charge on any atom is -0.462 e. The van der Waals surface area contributed by atoms with Crippen LogP contribution in [0, 0.1) is 5.92 Å². The fourth-order valence-electron chi connectivity index (χ4n) is 10.8. The van der Waals surface area contributed by atoms with Crippen molar-refractivity contribution in [2.24, 2.45) is 5.92 Å². The second-order valence-corrected chi connectivity index (χ2v) is 29.0. The third-order valence-electron chi connectivity index (χ3n) is 16.5. The van der Waals surface area contributed by atoms with Crippen molar-refractivity contribution >= 4 is 39.5 Å². The summed E-state index contributed by atoms with van der Waals surface area (Å²) in [5.74, 6) is -1.34. The average Bonchev–Trinajstić information content (AvgIpc) is 3.12. The maximum absolute atomic E-state index is 13.0. The summed E-state index contributed by atoms with van der Waals surface area (Å²) in [6, 6.07) is 0. The zero-order valence-corrected chi connectivity index (χ0v) is 60.1. The number of unbranched alkanes of at least 4 members (excludes halogenated alkanes) is 43. The molecule has 0 saturated carbocycles. The van der Waals surface area contributed by atoms with Crippen LogP contribution < -0.4 is 0 Å². The number of rotatable bonds is 71. The zero-order valence-electron chi connectivity index (χ0n) is 58.3. The lowest BCUT2D eigenvalue weighted by Crippen LogP contribution is -2.30. The van der Waals surface area contributed by atoms with Gasteiger partial charge in [0.15, 0.2) is 12.2 Å². The topological polar surface area (TPSA) is 237 Å². The molecule has 0 heterocycles. The Morgan fingerprint density at radius 2 is 0.511 bits per heavy atom. The Morgan fingerprint density at radius 3 is 0.756 bits per heavy atom. The SMILES string of the molecule is CCCCCCCCCCCCCCCCCCC(=O)OC[C@H](COP(=O)(O)OC[C@@H](O)COP(=O)(O)OC[C@@H](COC(=O)CCCCCCCCCC)OC(=O)CCCCCCCCCCCC)OC(=O)CCCCCCCCCCCCCCCC(C)C. The second-order valence-electron chi connectivity index (χ2n) is 26.1. The molecule has 0 bridgehead atoms. The van der Waals surface area contributed by atoms with Gasteiger partial charge in [0.1, 0.15) is 19.3 Å². The zero-order chi connectivity index (χ0) is 66.3. The summed E-state index contributed by atoms with van der Waals surface area (Å²) >= 11 is 0. The van der Waals surface area contributed by atoms with E-state index in [1.165, 1.54) is 186 Å². The Balaban J connectivity index is 5.20. The maximum atomic E-state index is 13.0. The maximum Gasteiger partial charge on any atom is 0.472 e. The molecule has 19 heteroatoms. The summed E-state index contributed by atoms with van der Waals surface area (Å²) in [6.45, 7) is 7.24. The molecule has 0 aromatic heterocycles. The minimum atomic E-state index is -4.95. The summed E-state index contributed by atoms with van der Waals surface area (Å²) in [5.41, 5.74) is 0. The van der Waals surface area contributed by atoms with Gasteiger partial charge in [-0.05, 0) is 31.6 Å². The highest BCUT2D eigenvalue weighted by molar-refractivity contribution is 7.47. The van der Waals surface area contributed by atoms with Crippen LogP contribution in [-0.4, -0.2) is 96.7 Å². The fourth-order valence-corrected chi connectivity index (χ4v) is 12.4. The van der Waals surface area contributed by atoms with E-state index in [-0.39, 0.29) is 25.7 Å². The van der Waals surface area contributed by atoms with E-state index in [1.54, 1.807) is 0 Å². The molecule has 0 rings (SSSR count). The molecule has 90 heavy (non-hydrogen) atoms. The van der Waals surface area contributed by atoms with Crippen molar-refractivity contribution in [2.45, 2.75) is 387 Å². The van der Waals surface area contributed by atoms with Crippen molar-refractivity contribution in [3.05, 3.63) is 0 Å². The smallest absolute Gasteiger partial charge is 0.462 e. The van der Waals surface area contributed by atoms with Crippen molar-refractivity contribution in [3.8, 4) is 0 Å². The molecule has 5 atom stereocenters. The van der Waals surface area contributed by atoms with Crippen LogP contribution in [-0.2, 0) is 65.4 Å². The van der Waals surface area contributed by atoms with Gasteiger partial charge in [0.25, 0.3) is 0 Å². The van der Waals surface area contributed by atoms with Gasteiger partial charge in [0, 0.05) is 25.7 Å². The standard InChI is InChI=1S/C71H138O17P2/c1-6-9-12-15-18-21-23-24-25-26-29-32-36-40-45-50-55-69(74)82-61-67(88-71(76)57-52-47-42-37-33-30-27-28-31-34-38-43-48-53-64(4)5)63-86-90(79,80)84-59-65(72)58-83-89(77,78)85-62-66(60-81-68(73)54-49-44-39-20-17-14-11-8-3)87-70(75)56-51-46-41-35-22-19-16-13-10-7-2/h64-67,72H,6-63H2,1-5H3,(H,77,78)(H,79,80)/t65-,66+,67+/m0/s1. The van der Waals surface area contributed by atoms with Crippen molar-refractivity contribution < 1.29 is 80.2 Å². The molecule has 0 spiro atoms. The molecule has 3 N–H and O–H groups in total. The summed E-state index contributed by atoms with van der Waals surface area (Å²) in [7, 11) is -9.89. The van der Waals surface area contributed by atoms with Crippen LogP contribution in [0.25, 0.3) is 0 Å². The number of hydrogen-bond donors (Lipinski definition) is 3. The number of esters is 4. The van der Waals surface area contributed by atoms with E-state index in [1.807, 2.05) is 0 Å². The lowest BCUT2D eigenvalue weighted by molar-refractivity contribution is -0.161. The van der Waals surface area contributed by atoms with Gasteiger partial charge in [-0.2, -0.15) is 0 Å². The second kappa shape index (κ2) is 64.4. The van der Waals surface area contributed by atoms with E-state index in [0.717, 1.165) is 102 Å². The van der Waals surface area contributed by atoms with E-state index in [9.17, 15) is 43.2 Å². The molecular weight excluding hydrogens is 1190 g/mol. The largest absolute Gasteiger partial charge is 0.472 e. The third kappa shape index (κ3) is 64.8. The van der Waals surface area contributed by atoms with Crippen LogP contribution in [0.5, 0.6) is 0 Å². The lowest BCUT2D eigenvalue weighted by Gasteiger charge is -2.21. The number of phosphoric ester groups is 2. The predicted molar refractivity (Wildman–Crippen MR) is 363 cm³/mol. The van der Waals surface area contributed by atoms with Gasteiger partial charge in [0.2, 0.25) is 0 Å². The summed E-state index contributed by atoms with van der Waals surface area (Å²) < 4.78 is 68.2. The number of hydrogen-bond acceptors (Lipinski definition) is 15. The molecule has 0 radical (unpaired) electrons. The molecule has 0 fully saturated rings. The van der Waals surface area contributed by atoms with Crippen LogP contribution in [0.3, 0.4) is 0 Å². The highest BCUT2D eigenvalue weighted by Gasteiger charge is 2.30. The molecule has 0 saturated heterocycles. The Hall–Kier alpha value is -1.94. The predicted octanol–water partition coefficient (Wildman–Crippen LogP) is 20.5. The number of carbonyl (C=O) groups is 4. The van der Waals surface area contributed by atoms with Gasteiger partial charge in [-0.3, -0.25) is 37.3 Å². The van der Waals surface area contributed by atoms with Gasteiger partial charge in [-0.15, -0.1) is 0 Å². The summed E-state index contributed by atoms with van der Waals surface area (Å²) in [4.78, 5) is 72.5. The molecule has 0 aliphatic rings. The Labute approximate surface area is 549 Å². The van der Waals surface area contributed by atoms with Gasteiger partial charge in [-0.1, -0.05) is 317 Å². The lowest BCUT2D eigenvalue weighted by atomic mass is 10.0. The van der Waals surface area contributed by atoms with E-state index < -0.39 is 97.5 Å². The first-order valence-electron chi connectivity index (χ1n) is 37.1. The summed E-state index contributed by atoms with van der Waals surface area (Å²) in [6.07, 6.45) is 51.3. The summed E-state index contributed by atoms with van der Waals surface area (Å²) in [5, 5.41) is 10.6. The highest BCUT2D eigenvalue weighted by Crippen LogP contribution is 2.45. The van der Waals surface area contributed by atoms with Crippen molar-refractivity contribution in [3.63, 3.8) is 0 Å². The number of carbonyl (C=O) groups excluding carboxylic acids is 4. The normalized spacial score (nSPS) is 14.1. The minimum absolute atomic E-state index is 0.106. The molecule has 0 aromatic rings. The van der Waals surface area contributed by atoms with Gasteiger partial charge >= 0.3 is 39.5 Å². The van der Waals surface area contributed by atoms with E-state index >= 15 is 0 Å². The van der Waals surface area contributed by atoms with Gasteiger partial charge in [-0.25, -0.2) is 9.13 Å². The van der Waals surface area contributed by atoms with Crippen LogP contribution in [0.4, 0.5) is 0 Å². The van der Waals surface area contributed by atoms with Crippen molar-refractivity contribution in [1.29, 1.82) is 0 Å². The third-order valence-corrected chi connectivity index (χ3v) is 18.4. The molecule has 2 unspecified atom stereocenters. The molecule has 0 amide bonds. The van der Waals surface area contributed by atoms with Crippen molar-refractivity contribution in [1.82, 2.24) is 0 Å². The first-order chi connectivity index (χ1) is 43.5. The number of aliphatic hydroxyl groups is 1. The molecular formula is C71H138O17P2. The van der Waals surface area contributed by atoms with E-state index in [0.29, 0.717) is 25.7 Å². The molecule has 534 valence electrons. The molecule has 0 aliphatic heterocycles. The van der Waals surface area contributed by atoms with Gasteiger partial charge < -0.3 is 33.8 Å². The van der Waals surface area contributed by atoms with E-state index in [4.69, 9.17) is 37.0 Å². The van der Waals surface area contributed by atoms with Crippen LogP contribution in [0.2, 0.25) is 0 Å². The number of aliphatic hydroxyl groups excluding tert-OH is 1. The monoisotopic (exact) mass is 1320 g/mol. The Morgan fingerprint density at radius 1 is 0.300 bits per heavy atom. The number of phosphoric acid groups is 2. The van der Waals surface area contributed by atoms with Crippen LogP contribution >= 0.6 is 15.6 Å². The quantitative estimate of drug-likeness (QED) is 0.0222. The first kappa shape index (κ1) is 88.1. The Bertz CT molecular complexity index is 1740. The molecule has 0 aromatic carbocycles. The fraction of sp³-hybridized carbons (Fsp3) is 0.944. The average molecular weight is 1330 g/mol. The van der Waals surface area contributed by atoms with Crippen LogP contribution in [0.1, 0.15) is 369 Å². The first-order valence-corrected chi connectivity index (χ1v) is 40.1. The van der Waals surface area contributed by atoms with E-state index in [2.05, 4.69) is 34.6 Å². The van der Waals surface area contributed by atoms with Gasteiger partial charge in [0.05, 0.1) is 26.4 Å². The van der Waals surface area contributed by atoms with Crippen molar-refractivity contribution in [2.75, 3.05) is 39.6 Å². The molecule has 17 nitrogen and oxygen atoms in total. The molecule has 0 aliphatic carbocycles. The Kier molecular flexibility index (Phi) is 63.0. The highest BCUT2D eigenvalue weighted by atomic mass is 31.2. The van der Waals surface area contributed by atoms with Crippen LogP contribution in [0.15, 0.2) is 0 Å². The number of ether oxygens (including phenoxy) is 4.